The molecule has 0 spiro atoms. The molecule has 0 atom stereocenters. The minimum atomic E-state index is -0.592. The van der Waals surface area contributed by atoms with Crippen LogP contribution in [0, 0.1) is 0 Å². The van der Waals surface area contributed by atoms with Gasteiger partial charge in [0.25, 0.3) is 11.8 Å². The van der Waals surface area contributed by atoms with Crippen LogP contribution >= 0.6 is 0 Å². The fourth-order valence-electron chi connectivity index (χ4n) is 3.03. The van der Waals surface area contributed by atoms with Crippen LogP contribution in [0.2, 0.25) is 0 Å². The van der Waals surface area contributed by atoms with E-state index in [1.54, 1.807) is 30.3 Å². The molecule has 0 radical (unpaired) electrons. The lowest BCUT2D eigenvalue weighted by molar-refractivity contribution is -0.123. The molecule has 34 heavy (non-hydrogen) atoms. The molecule has 9 nitrogen and oxygen atoms in total. The Morgan fingerprint density at radius 3 is 1.97 bits per heavy atom. The van der Waals surface area contributed by atoms with Gasteiger partial charge in [0.1, 0.15) is 18.1 Å². The SMILES string of the molecule is COc1ccc(C(=O)NNC(=O)COc2ccc(OCc3ccccc3)cc2)c(OC)c1OC. The highest BCUT2D eigenvalue weighted by Crippen LogP contribution is 2.39. The maximum Gasteiger partial charge on any atom is 0.276 e. The predicted octanol–water partition coefficient (Wildman–Crippen LogP) is 3.13. The van der Waals surface area contributed by atoms with Gasteiger partial charge in [-0.15, -0.1) is 0 Å². The van der Waals surface area contributed by atoms with Gasteiger partial charge in [-0.1, -0.05) is 30.3 Å². The number of hydrogen-bond acceptors (Lipinski definition) is 7. The standard InChI is InChI=1S/C25H26N2O7/c1-30-21-14-13-20(23(31-2)24(21)32-3)25(29)27-26-22(28)16-34-19-11-9-18(10-12-19)33-15-17-7-5-4-6-8-17/h4-14H,15-16H2,1-3H3,(H,26,28)(H,27,29). The van der Waals surface area contributed by atoms with Gasteiger partial charge in [0.05, 0.1) is 26.9 Å². The van der Waals surface area contributed by atoms with Gasteiger partial charge in [0.15, 0.2) is 18.1 Å². The number of methoxy groups -OCH3 is 3. The third-order valence-corrected chi connectivity index (χ3v) is 4.71. The molecule has 0 fully saturated rings. The summed E-state index contributed by atoms with van der Waals surface area (Å²) in [5.41, 5.74) is 5.85. The summed E-state index contributed by atoms with van der Waals surface area (Å²) in [7, 11) is 4.31. The molecule has 0 saturated heterocycles. The van der Waals surface area contributed by atoms with Gasteiger partial charge >= 0.3 is 0 Å². The Labute approximate surface area is 197 Å². The Kier molecular flexibility index (Phi) is 8.56. The summed E-state index contributed by atoms with van der Waals surface area (Å²) in [6, 6.07) is 19.8. The second kappa shape index (κ2) is 12.0. The molecular weight excluding hydrogens is 440 g/mol. The molecule has 0 saturated carbocycles. The lowest BCUT2D eigenvalue weighted by Gasteiger charge is -2.15. The van der Waals surface area contributed by atoms with Crippen LogP contribution in [0.4, 0.5) is 0 Å². The Bertz CT molecular complexity index is 1100. The van der Waals surface area contributed by atoms with Crippen molar-refractivity contribution in [3.8, 4) is 28.7 Å². The Morgan fingerprint density at radius 2 is 1.35 bits per heavy atom. The molecule has 0 aliphatic carbocycles. The summed E-state index contributed by atoms with van der Waals surface area (Å²) in [5, 5.41) is 0. The summed E-state index contributed by atoms with van der Waals surface area (Å²) in [6.45, 7) is 0.154. The second-order valence-electron chi connectivity index (χ2n) is 6.92. The summed E-state index contributed by atoms with van der Waals surface area (Å²) in [5.74, 6) is 0.878. The summed E-state index contributed by atoms with van der Waals surface area (Å²) >= 11 is 0. The number of benzene rings is 3. The van der Waals surface area contributed by atoms with E-state index in [2.05, 4.69) is 10.9 Å². The topological polar surface area (TPSA) is 104 Å². The second-order valence-corrected chi connectivity index (χ2v) is 6.92. The molecule has 0 unspecified atom stereocenters. The first-order chi connectivity index (χ1) is 16.5. The molecule has 9 heteroatoms. The third-order valence-electron chi connectivity index (χ3n) is 4.71. The molecule has 3 rings (SSSR count). The number of hydrogen-bond donors (Lipinski definition) is 2. The Balaban J connectivity index is 1.47. The lowest BCUT2D eigenvalue weighted by atomic mass is 10.1. The van der Waals surface area contributed by atoms with Crippen LogP contribution in [-0.4, -0.2) is 39.8 Å². The van der Waals surface area contributed by atoms with Crippen LogP contribution in [0.15, 0.2) is 66.7 Å². The molecule has 2 amide bonds. The van der Waals surface area contributed by atoms with Crippen molar-refractivity contribution in [1.82, 2.24) is 10.9 Å². The fraction of sp³-hybridized carbons (Fsp3) is 0.200. The van der Waals surface area contributed by atoms with E-state index in [0.29, 0.717) is 23.9 Å². The molecule has 0 bridgehead atoms. The highest BCUT2D eigenvalue weighted by Gasteiger charge is 2.21. The van der Waals surface area contributed by atoms with E-state index in [-0.39, 0.29) is 23.7 Å². The first-order valence-electron chi connectivity index (χ1n) is 10.3. The number of rotatable bonds is 10. The Hall–Kier alpha value is -4.40. The third kappa shape index (κ3) is 6.32. The van der Waals surface area contributed by atoms with Crippen LogP contribution in [0.25, 0.3) is 0 Å². The monoisotopic (exact) mass is 466 g/mol. The smallest absolute Gasteiger partial charge is 0.276 e. The Morgan fingerprint density at radius 1 is 0.706 bits per heavy atom. The van der Waals surface area contributed by atoms with E-state index in [1.807, 2.05) is 30.3 Å². The molecule has 0 aliphatic rings. The van der Waals surface area contributed by atoms with Crippen molar-refractivity contribution in [1.29, 1.82) is 0 Å². The average Bonchev–Trinajstić information content (AvgIpc) is 2.89. The van der Waals surface area contributed by atoms with Gasteiger partial charge in [0.2, 0.25) is 5.75 Å². The minimum absolute atomic E-state index is 0.160. The van der Waals surface area contributed by atoms with Gasteiger partial charge in [-0.05, 0) is 42.0 Å². The number of ether oxygens (including phenoxy) is 5. The molecular formula is C25H26N2O7. The van der Waals surface area contributed by atoms with Crippen LogP contribution in [0.3, 0.4) is 0 Å². The first kappa shape index (κ1) is 24.2. The number of carbonyl (C=O) groups excluding carboxylic acids is 2. The normalized spacial score (nSPS) is 10.1. The minimum Gasteiger partial charge on any atom is -0.493 e. The lowest BCUT2D eigenvalue weighted by Crippen LogP contribution is -2.43. The van der Waals surface area contributed by atoms with E-state index < -0.39 is 11.8 Å². The molecule has 3 aromatic rings. The van der Waals surface area contributed by atoms with E-state index in [0.717, 1.165) is 5.56 Å². The van der Waals surface area contributed by atoms with E-state index >= 15 is 0 Å². The summed E-state index contributed by atoms with van der Waals surface area (Å²) in [4.78, 5) is 24.6. The van der Waals surface area contributed by atoms with Crippen molar-refractivity contribution >= 4 is 11.8 Å². The number of amides is 2. The maximum absolute atomic E-state index is 12.5. The molecule has 3 aromatic carbocycles. The highest BCUT2D eigenvalue weighted by molar-refractivity contribution is 5.99. The maximum atomic E-state index is 12.5. The van der Waals surface area contributed by atoms with Gasteiger partial charge in [0, 0.05) is 0 Å². The molecule has 0 aliphatic heterocycles. The molecule has 178 valence electrons. The van der Waals surface area contributed by atoms with Crippen molar-refractivity contribution in [2.75, 3.05) is 27.9 Å². The van der Waals surface area contributed by atoms with Crippen LogP contribution in [-0.2, 0) is 11.4 Å². The number of carbonyl (C=O) groups is 2. The highest BCUT2D eigenvalue weighted by atomic mass is 16.5. The van der Waals surface area contributed by atoms with E-state index in [1.165, 1.54) is 27.4 Å². The first-order valence-corrected chi connectivity index (χ1v) is 10.3. The number of nitrogens with one attached hydrogen (secondary N) is 2. The van der Waals surface area contributed by atoms with Gasteiger partial charge in [-0.25, -0.2) is 0 Å². The van der Waals surface area contributed by atoms with Gasteiger partial charge < -0.3 is 23.7 Å². The fourth-order valence-corrected chi connectivity index (χ4v) is 3.03. The van der Waals surface area contributed by atoms with Crippen molar-refractivity contribution < 1.29 is 33.3 Å². The van der Waals surface area contributed by atoms with Crippen molar-refractivity contribution in [2.24, 2.45) is 0 Å². The molecule has 0 heterocycles. The molecule has 2 N–H and O–H groups in total. The average molecular weight is 466 g/mol. The van der Waals surface area contributed by atoms with Crippen LogP contribution in [0.5, 0.6) is 28.7 Å². The number of hydrazine groups is 1. The zero-order chi connectivity index (χ0) is 24.3. The van der Waals surface area contributed by atoms with Crippen LogP contribution < -0.4 is 34.5 Å². The van der Waals surface area contributed by atoms with Crippen molar-refractivity contribution in [3.63, 3.8) is 0 Å². The molecule has 0 aromatic heterocycles. The van der Waals surface area contributed by atoms with Gasteiger partial charge in [-0.2, -0.15) is 0 Å². The summed E-state index contributed by atoms with van der Waals surface area (Å²) < 4.78 is 26.9. The van der Waals surface area contributed by atoms with Gasteiger partial charge in [-0.3, -0.25) is 20.4 Å². The van der Waals surface area contributed by atoms with E-state index in [9.17, 15) is 9.59 Å². The van der Waals surface area contributed by atoms with E-state index in [4.69, 9.17) is 23.7 Å². The zero-order valence-electron chi connectivity index (χ0n) is 19.1. The largest absolute Gasteiger partial charge is 0.493 e. The quantitative estimate of drug-likeness (QED) is 0.443. The summed E-state index contributed by atoms with van der Waals surface area (Å²) in [6.07, 6.45) is 0. The van der Waals surface area contributed by atoms with Crippen LogP contribution in [0.1, 0.15) is 15.9 Å². The van der Waals surface area contributed by atoms with Crippen molar-refractivity contribution in [3.05, 3.63) is 77.9 Å². The zero-order valence-corrected chi connectivity index (χ0v) is 19.1. The van der Waals surface area contributed by atoms with Crippen molar-refractivity contribution in [2.45, 2.75) is 6.61 Å². The predicted molar refractivity (Wildman–Crippen MR) is 124 cm³/mol.